The Kier molecular flexibility index (Phi) is 9.92. The standard InChI is InChI=1S/C28H35BrN4O7S/c1-5-39-27(35)17-23(21-9-10-24-28(18(21)2)30-31-32(24)14-7-6-13-29)20-8-11-25(38-4)22(16-20)19(3)33-15-12-26(34)40-41(33,36)37/h8-12,16,19,23,34H,5-7,13-15,17H2,1-4H3/t19-,23?/m0/s1. The molecule has 1 aliphatic rings. The predicted octanol–water partition coefficient (Wildman–Crippen LogP) is 5.05. The van der Waals surface area contributed by atoms with Gasteiger partial charge in [0.2, 0.25) is 0 Å². The normalized spacial score (nSPS) is 16.6. The van der Waals surface area contributed by atoms with E-state index >= 15 is 0 Å². The van der Waals surface area contributed by atoms with E-state index in [4.69, 9.17) is 13.7 Å². The minimum absolute atomic E-state index is 0.0709. The number of esters is 1. The van der Waals surface area contributed by atoms with Crippen LogP contribution in [0.3, 0.4) is 0 Å². The van der Waals surface area contributed by atoms with E-state index < -0.39 is 28.2 Å². The van der Waals surface area contributed by atoms with Crippen LogP contribution in [0.25, 0.3) is 11.0 Å². The number of nitrogens with zero attached hydrogens (tertiary/aromatic N) is 4. The molecule has 1 aliphatic heterocycles. The first-order chi connectivity index (χ1) is 19.6. The summed E-state index contributed by atoms with van der Waals surface area (Å²) in [6.07, 6.45) is 3.35. The molecule has 2 atom stereocenters. The number of ether oxygens (including phenoxy) is 2. The second-order valence-corrected chi connectivity index (χ2v) is 12.0. The Morgan fingerprint density at radius 2 is 2.00 bits per heavy atom. The van der Waals surface area contributed by atoms with Crippen molar-refractivity contribution in [2.24, 2.45) is 0 Å². The van der Waals surface area contributed by atoms with Crippen LogP contribution in [0.5, 0.6) is 5.75 Å². The van der Waals surface area contributed by atoms with Crippen molar-refractivity contribution >= 4 is 43.2 Å². The minimum atomic E-state index is -4.23. The fraction of sp³-hybridized carbons (Fsp3) is 0.464. The quantitative estimate of drug-likeness (QED) is 0.162. The topological polar surface area (TPSA) is 133 Å². The lowest BCUT2D eigenvalue weighted by atomic mass is 9.84. The van der Waals surface area contributed by atoms with E-state index in [1.807, 2.05) is 35.9 Å². The smallest absolute Gasteiger partial charge is 0.388 e. The molecule has 13 heteroatoms. The van der Waals surface area contributed by atoms with E-state index in [0.29, 0.717) is 11.3 Å². The first-order valence-corrected chi connectivity index (χ1v) is 15.9. The largest absolute Gasteiger partial charge is 0.496 e. The van der Waals surface area contributed by atoms with Gasteiger partial charge >= 0.3 is 16.3 Å². The number of halogens is 1. The molecule has 0 radical (unpaired) electrons. The maximum atomic E-state index is 12.8. The minimum Gasteiger partial charge on any atom is -0.496 e. The lowest BCUT2D eigenvalue weighted by Gasteiger charge is -2.30. The number of aliphatic hydroxyl groups excluding tert-OH is 1. The predicted molar refractivity (Wildman–Crippen MR) is 157 cm³/mol. The fourth-order valence-corrected chi connectivity index (χ4v) is 6.66. The number of carbonyl (C=O) groups excluding carboxylic acids is 1. The van der Waals surface area contributed by atoms with E-state index in [-0.39, 0.29) is 25.5 Å². The number of unbranched alkanes of at least 4 members (excludes halogenated alkanes) is 1. The van der Waals surface area contributed by atoms with E-state index in [9.17, 15) is 18.3 Å². The molecule has 0 spiro atoms. The lowest BCUT2D eigenvalue weighted by molar-refractivity contribution is -0.143. The molecule has 11 nitrogen and oxygen atoms in total. The number of benzene rings is 2. The summed E-state index contributed by atoms with van der Waals surface area (Å²) in [5.74, 6) is -0.946. The molecule has 41 heavy (non-hydrogen) atoms. The molecule has 0 bridgehead atoms. The van der Waals surface area contributed by atoms with Crippen LogP contribution in [-0.2, 0) is 30.6 Å². The molecule has 4 rings (SSSR count). The van der Waals surface area contributed by atoms with Gasteiger partial charge in [-0.2, -0.15) is 12.7 Å². The number of methoxy groups -OCH3 is 1. The molecule has 1 unspecified atom stereocenters. The van der Waals surface area contributed by atoms with Crippen molar-refractivity contribution in [2.75, 3.05) is 25.6 Å². The summed E-state index contributed by atoms with van der Waals surface area (Å²) in [4.78, 5) is 12.8. The zero-order chi connectivity index (χ0) is 29.7. The van der Waals surface area contributed by atoms with Crippen molar-refractivity contribution < 1.29 is 32.0 Å². The summed E-state index contributed by atoms with van der Waals surface area (Å²) >= 11 is 3.46. The SMILES string of the molecule is CCOC(=O)CC(c1ccc(OC)c([C@H](C)N2CC=C(O)OS2(=O)=O)c1)c1ccc2c(nnn2CCCCBr)c1C. The van der Waals surface area contributed by atoms with Crippen LogP contribution in [0.1, 0.15) is 67.3 Å². The Bertz CT molecular complexity index is 1540. The van der Waals surface area contributed by atoms with E-state index in [1.165, 1.54) is 13.2 Å². The molecule has 1 aromatic heterocycles. The molecular weight excluding hydrogens is 616 g/mol. The molecule has 222 valence electrons. The molecule has 1 N–H and O–H groups in total. The number of hydrogen-bond donors (Lipinski definition) is 1. The Morgan fingerprint density at radius 3 is 2.68 bits per heavy atom. The Hall–Kier alpha value is -3.16. The van der Waals surface area contributed by atoms with Gasteiger partial charge in [0.15, 0.2) is 0 Å². The first kappa shape index (κ1) is 30.8. The highest BCUT2D eigenvalue weighted by Crippen LogP contribution is 2.39. The number of fused-ring (bicyclic) bond motifs is 1. The van der Waals surface area contributed by atoms with Gasteiger partial charge in [-0.15, -0.1) is 5.10 Å². The molecule has 2 aromatic carbocycles. The van der Waals surface area contributed by atoms with Crippen molar-refractivity contribution in [2.45, 2.75) is 58.5 Å². The van der Waals surface area contributed by atoms with E-state index in [2.05, 4.69) is 26.2 Å². The highest BCUT2D eigenvalue weighted by molar-refractivity contribution is 9.09. The second-order valence-electron chi connectivity index (χ2n) is 9.75. The maximum Gasteiger partial charge on any atom is 0.388 e. The third-order valence-corrected chi connectivity index (χ3v) is 9.23. The number of carbonyl (C=O) groups is 1. The number of aryl methyl sites for hydroxylation is 2. The van der Waals surface area contributed by atoms with Gasteiger partial charge in [0.05, 0.1) is 31.7 Å². The number of rotatable bonds is 12. The molecular formula is C28H35BrN4O7S. The lowest BCUT2D eigenvalue weighted by Crippen LogP contribution is -2.38. The van der Waals surface area contributed by atoms with Crippen LogP contribution >= 0.6 is 15.9 Å². The summed E-state index contributed by atoms with van der Waals surface area (Å²) in [5.41, 5.74) is 4.84. The van der Waals surface area contributed by atoms with Crippen LogP contribution in [0.4, 0.5) is 0 Å². The monoisotopic (exact) mass is 650 g/mol. The highest BCUT2D eigenvalue weighted by Gasteiger charge is 2.35. The molecule has 0 saturated heterocycles. The van der Waals surface area contributed by atoms with Gasteiger partial charge < -0.3 is 18.8 Å². The third kappa shape index (κ3) is 6.68. The summed E-state index contributed by atoms with van der Waals surface area (Å²) in [6, 6.07) is 8.75. The summed E-state index contributed by atoms with van der Waals surface area (Å²) in [7, 11) is -2.72. The molecule has 0 amide bonds. The van der Waals surface area contributed by atoms with Gasteiger partial charge in [-0.1, -0.05) is 33.3 Å². The van der Waals surface area contributed by atoms with Gasteiger partial charge in [-0.25, -0.2) is 4.68 Å². The summed E-state index contributed by atoms with van der Waals surface area (Å²) in [6.45, 7) is 6.38. The Morgan fingerprint density at radius 1 is 1.22 bits per heavy atom. The number of aromatic nitrogens is 3. The van der Waals surface area contributed by atoms with Gasteiger partial charge in [-0.3, -0.25) is 4.79 Å². The van der Waals surface area contributed by atoms with Crippen LogP contribution in [0.15, 0.2) is 42.4 Å². The van der Waals surface area contributed by atoms with Crippen molar-refractivity contribution in [3.63, 3.8) is 0 Å². The van der Waals surface area contributed by atoms with Crippen LogP contribution in [0.2, 0.25) is 0 Å². The zero-order valence-corrected chi connectivity index (χ0v) is 25.9. The molecule has 3 aromatic rings. The Labute approximate surface area is 248 Å². The van der Waals surface area contributed by atoms with E-state index in [1.54, 1.807) is 19.9 Å². The van der Waals surface area contributed by atoms with Gasteiger partial charge in [0.25, 0.3) is 5.95 Å². The average Bonchev–Trinajstić information content (AvgIpc) is 3.35. The molecule has 0 fully saturated rings. The second kappa shape index (κ2) is 13.2. The van der Waals surface area contributed by atoms with Crippen LogP contribution in [0, 0.1) is 6.92 Å². The molecule has 0 saturated carbocycles. The van der Waals surface area contributed by atoms with Crippen molar-refractivity contribution in [1.29, 1.82) is 0 Å². The van der Waals surface area contributed by atoms with E-state index in [0.717, 1.165) is 56.7 Å². The number of hydrogen-bond acceptors (Lipinski definition) is 9. The van der Waals surface area contributed by atoms with Crippen molar-refractivity contribution in [3.8, 4) is 5.75 Å². The number of aliphatic hydroxyl groups is 1. The average molecular weight is 652 g/mol. The molecule has 2 heterocycles. The fourth-order valence-electron chi connectivity index (χ4n) is 5.13. The van der Waals surface area contributed by atoms with Crippen LogP contribution < -0.4 is 4.74 Å². The van der Waals surface area contributed by atoms with Gasteiger partial charge in [0.1, 0.15) is 11.3 Å². The zero-order valence-electron chi connectivity index (χ0n) is 23.5. The first-order valence-electron chi connectivity index (χ1n) is 13.4. The molecule has 0 aliphatic carbocycles. The van der Waals surface area contributed by atoms with Crippen molar-refractivity contribution in [1.82, 2.24) is 19.3 Å². The Balaban J connectivity index is 1.78. The van der Waals surface area contributed by atoms with Gasteiger partial charge in [-0.05, 0) is 68.5 Å². The van der Waals surface area contributed by atoms with Crippen molar-refractivity contribution in [3.05, 3.63) is 64.6 Å². The third-order valence-electron chi connectivity index (χ3n) is 7.25. The maximum absolute atomic E-state index is 12.8. The highest BCUT2D eigenvalue weighted by atomic mass is 79.9. The summed E-state index contributed by atoms with van der Waals surface area (Å²) < 4.78 is 44.1. The number of alkyl halides is 1. The van der Waals surface area contributed by atoms with Crippen LogP contribution in [-0.4, -0.2) is 64.4 Å². The van der Waals surface area contributed by atoms with Gasteiger partial charge in [0, 0.05) is 36.0 Å². The summed E-state index contributed by atoms with van der Waals surface area (Å²) in [5, 5.41) is 19.3.